The van der Waals surface area contributed by atoms with E-state index in [9.17, 15) is 9.59 Å². The molecule has 1 aliphatic heterocycles. The summed E-state index contributed by atoms with van der Waals surface area (Å²) in [5.41, 5.74) is 4.67. The van der Waals surface area contributed by atoms with Gasteiger partial charge in [-0.2, -0.15) is 0 Å². The molecule has 2 aromatic carbocycles. The third kappa shape index (κ3) is 4.32. The lowest BCUT2D eigenvalue weighted by Gasteiger charge is -2.38. The predicted molar refractivity (Wildman–Crippen MR) is 119 cm³/mol. The van der Waals surface area contributed by atoms with E-state index < -0.39 is 6.10 Å². The summed E-state index contributed by atoms with van der Waals surface area (Å²) in [6, 6.07) is 14.7. The molecule has 1 heterocycles. The summed E-state index contributed by atoms with van der Waals surface area (Å²) in [5, 5.41) is 3.00. The van der Waals surface area contributed by atoms with Crippen LogP contribution in [0.2, 0.25) is 0 Å². The van der Waals surface area contributed by atoms with Crippen molar-refractivity contribution in [3.8, 4) is 5.75 Å². The molecule has 2 aliphatic carbocycles. The number of hydrogen-bond acceptors (Lipinski definition) is 3. The first-order chi connectivity index (χ1) is 15.0. The lowest BCUT2D eigenvalue weighted by atomic mass is 9.87. The lowest BCUT2D eigenvalue weighted by Crippen LogP contribution is -2.41. The molecule has 1 N–H and O–H groups in total. The number of benzene rings is 2. The molecular weight excluding hydrogens is 388 g/mol. The zero-order chi connectivity index (χ0) is 21.5. The van der Waals surface area contributed by atoms with Crippen LogP contribution in [-0.2, 0) is 16.0 Å². The van der Waals surface area contributed by atoms with Gasteiger partial charge in [0.15, 0.2) is 6.10 Å². The van der Waals surface area contributed by atoms with Gasteiger partial charge in [-0.3, -0.25) is 9.59 Å². The molecule has 2 saturated carbocycles. The molecule has 31 heavy (non-hydrogen) atoms. The Bertz CT molecular complexity index is 992. The monoisotopic (exact) mass is 418 g/mol. The van der Waals surface area contributed by atoms with E-state index in [1.165, 1.54) is 11.1 Å². The molecule has 0 bridgehead atoms. The van der Waals surface area contributed by atoms with Crippen LogP contribution in [-0.4, -0.2) is 35.4 Å². The van der Waals surface area contributed by atoms with Gasteiger partial charge in [0.25, 0.3) is 5.91 Å². The number of nitrogens with zero attached hydrogens (tertiary/aromatic N) is 1. The van der Waals surface area contributed by atoms with Gasteiger partial charge in [-0.15, -0.1) is 0 Å². The lowest BCUT2D eigenvalue weighted by molar-refractivity contribution is -0.134. The van der Waals surface area contributed by atoms with Gasteiger partial charge in [-0.1, -0.05) is 35.9 Å². The van der Waals surface area contributed by atoms with Crippen LogP contribution in [0.4, 0.5) is 0 Å². The molecule has 3 aliphatic rings. The van der Waals surface area contributed by atoms with Gasteiger partial charge < -0.3 is 15.0 Å². The van der Waals surface area contributed by atoms with Gasteiger partial charge >= 0.3 is 0 Å². The van der Waals surface area contributed by atoms with Crippen molar-refractivity contribution in [2.45, 2.75) is 64.1 Å². The molecule has 162 valence electrons. The minimum Gasteiger partial charge on any atom is -0.481 e. The van der Waals surface area contributed by atoms with Gasteiger partial charge in [0.05, 0.1) is 6.04 Å². The fourth-order valence-electron chi connectivity index (χ4n) is 4.38. The molecule has 5 rings (SSSR count). The third-order valence-corrected chi connectivity index (χ3v) is 6.55. The fourth-order valence-corrected chi connectivity index (χ4v) is 4.38. The number of ether oxygens (including phenoxy) is 1. The molecule has 2 amide bonds. The number of rotatable bonds is 6. The second-order valence-electron chi connectivity index (χ2n) is 9.27. The van der Waals surface area contributed by atoms with Crippen LogP contribution < -0.4 is 10.1 Å². The number of carbonyl (C=O) groups is 2. The number of nitrogens with one attached hydrogen (secondary N) is 1. The standard InChI is InChI=1S/C26H30N2O3/c1-16-3-5-19(6-4-16)24-23-15-22(31-17(2)25(29)27-21-10-11-21)12-9-18(23)13-14-28(24)26(30)20-7-8-20/h3-6,9,12,15,17,20-21,24H,7-8,10-11,13-14H2,1-2H3,(H,27,29)/t17-,24+/m1/s1. The van der Waals surface area contributed by atoms with Crippen LogP contribution in [0.5, 0.6) is 5.75 Å². The number of amides is 2. The Morgan fingerprint density at radius 1 is 1.06 bits per heavy atom. The maximum absolute atomic E-state index is 13.1. The van der Waals surface area contributed by atoms with Crippen molar-refractivity contribution in [3.05, 3.63) is 64.7 Å². The molecule has 5 nitrogen and oxygen atoms in total. The topological polar surface area (TPSA) is 58.6 Å². The van der Waals surface area contributed by atoms with Crippen molar-refractivity contribution in [2.24, 2.45) is 5.92 Å². The van der Waals surface area contributed by atoms with Crippen molar-refractivity contribution >= 4 is 11.8 Å². The number of hydrogen-bond donors (Lipinski definition) is 1. The summed E-state index contributed by atoms with van der Waals surface area (Å²) < 4.78 is 6.01. The highest BCUT2D eigenvalue weighted by Gasteiger charge is 2.39. The quantitative estimate of drug-likeness (QED) is 0.773. The Morgan fingerprint density at radius 2 is 1.81 bits per heavy atom. The molecule has 0 aromatic heterocycles. The molecule has 0 radical (unpaired) electrons. The second kappa shape index (κ2) is 8.03. The minimum absolute atomic E-state index is 0.0687. The van der Waals surface area contributed by atoms with Gasteiger partial charge in [0.2, 0.25) is 5.91 Å². The van der Waals surface area contributed by atoms with Crippen LogP contribution in [0, 0.1) is 12.8 Å². The van der Waals surface area contributed by atoms with Crippen LogP contribution >= 0.6 is 0 Å². The van der Waals surface area contributed by atoms with E-state index in [2.05, 4.69) is 47.5 Å². The van der Waals surface area contributed by atoms with Crippen LogP contribution in [0.1, 0.15) is 60.9 Å². The fraction of sp³-hybridized carbons (Fsp3) is 0.462. The first-order valence-electron chi connectivity index (χ1n) is 11.5. The zero-order valence-electron chi connectivity index (χ0n) is 18.3. The molecule has 2 fully saturated rings. The van der Waals surface area contributed by atoms with E-state index in [0.717, 1.165) is 49.8 Å². The smallest absolute Gasteiger partial charge is 0.260 e. The summed E-state index contributed by atoms with van der Waals surface area (Å²) in [6.45, 7) is 4.60. The molecule has 5 heteroatoms. The Morgan fingerprint density at radius 3 is 2.48 bits per heavy atom. The SMILES string of the molecule is Cc1ccc([C@H]2c3cc(O[C@H](C)C(=O)NC4CC4)ccc3CCN2C(=O)C2CC2)cc1. The number of aryl methyl sites for hydroxylation is 1. The van der Waals surface area contributed by atoms with E-state index in [1.807, 2.05) is 12.1 Å². The third-order valence-electron chi connectivity index (χ3n) is 6.55. The van der Waals surface area contributed by atoms with Crippen molar-refractivity contribution in [3.63, 3.8) is 0 Å². The van der Waals surface area contributed by atoms with Crippen molar-refractivity contribution in [1.82, 2.24) is 10.2 Å². The van der Waals surface area contributed by atoms with E-state index >= 15 is 0 Å². The van der Waals surface area contributed by atoms with Crippen LogP contribution in [0.25, 0.3) is 0 Å². The van der Waals surface area contributed by atoms with Crippen LogP contribution in [0.3, 0.4) is 0 Å². The highest BCUT2D eigenvalue weighted by Crippen LogP contribution is 2.41. The van der Waals surface area contributed by atoms with Gasteiger partial charge in [0.1, 0.15) is 5.75 Å². The van der Waals surface area contributed by atoms with E-state index in [-0.39, 0.29) is 23.8 Å². The van der Waals surface area contributed by atoms with Gasteiger partial charge in [-0.25, -0.2) is 0 Å². The number of fused-ring (bicyclic) bond motifs is 1. The minimum atomic E-state index is -0.552. The van der Waals surface area contributed by atoms with Crippen molar-refractivity contribution in [2.75, 3.05) is 6.54 Å². The molecule has 2 aromatic rings. The average Bonchev–Trinajstić information content (AvgIpc) is 3.67. The Balaban J connectivity index is 1.45. The average molecular weight is 419 g/mol. The Labute approximate surface area is 183 Å². The van der Waals surface area contributed by atoms with E-state index in [4.69, 9.17) is 4.74 Å². The highest BCUT2D eigenvalue weighted by atomic mass is 16.5. The molecule has 0 spiro atoms. The maximum Gasteiger partial charge on any atom is 0.260 e. The maximum atomic E-state index is 13.1. The highest BCUT2D eigenvalue weighted by molar-refractivity contribution is 5.82. The van der Waals surface area contributed by atoms with Gasteiger partial charge in [0, 0.05) is 18.5 Å². The van der Waals surface area contributed by atoms with Crippen molar-refractivity contribution < 1.29 is 14.3 Å². The van der Waals surface area contributed by atoms with Gasteiger partial charge in [-0.05, 0) is 74.8 Å². The molecule has 0 unspecified atom stereocenters. The summed E-state index contributed by atoms with van der Waals surface area (Å²) in [4.78, 5) is 27.5. The van der Waals surface area contributed by atoms with Crippen molar-refractivity contribution in [1.29, 1.82) is 0 Å². The first kappa shape index (κ1) is 20.1. The summed E-state index contributed by atoms with van der Waals surface area (Å²) in [5.74, 6) is 1.05. The number of carbonyl (C=O) groups excluding carboxylic acids is 2. The Kier molecular flexibility index (Phi) is 5.20. The zero-order valence-corrected chi connectivity index (χ0v) is 18.3. The molecule has 0 saturated heterocycles. The molecular formula is C26H30N2O3. The summed E-state index contributed by atoms with van der Waals surface area (Å²) in [6.07, 6.45) is 4.40. The largest absolute Gasteiger partial charge is 0.481 e. The van der Waals surface area contributed by atoms with E-state index in [1.54, 1.807) is 6.92 Å². The van der Waals surface area contributed by atoms with Crippen LogP contribution in [0.15, 0.2) is 42.5 Å². The second-order valence-corrected chi connectivity index (χ2v) is 9.27. The summed E-state index contributed by atoms with van der Waals surface area (Å²) >= 11 is 0. The first-order valence-corrected chi connectivity index (χ1v) is 11.5. The normalized spacial score (nSPS) is 21.2. The predicted octanol–water partition coefficient (Wildman–Crippen LogP) is 3.93. The Hall–Kier alpha value is -2.82. The molecule has 2 atom stereocenters. The van der Waals surface area contributed by atoms with E-state index in [0.29, 0.717) is 11.8 Å². The summed E-state index contributed by atoms with van der Waals surface area (Å²) in [7, 11) is 0.